The van der Waals surface area contributed by atoms with Crippen molar-refractivity contribution in [2.24, 2.45) is 10.2 Å². The van der Waals surface area contributed by atoms with E-state index in [0.29, 0.717) is 0 Å². The van der Waals surface area contributed by atoms with Crippen molar-refractivity contribution < 1.29 is 40.2 Å². The highest BCUT2D eigenvalue weighted by atomic mass is 32.2. The van der Waals surface area contributed by atoms with Gasteiger partial charge in [0.25, 0.3) is 20.2 Å². The van der Waals surface area contributed by atoms with Gasteiger partial charge < -0.3 is 9.47 Å². The first-order valence-corrected chi connectivity index (χ1v) is 11.3. The molecule has 15 heteroatoms. The Balaban J connectivity index is 2.02. The summed E-state index contributed by atoms with van der Waals surface area (Å²) in [5.41, 5.74) is 4.60. The number of benzene rings is 2. The minimum Gasteiger partial charge on any atom is -0.495 e. The molecule has 0 aliphatic carbocycles. The van der Waals surface area contributed by atoms with Crippen LogP contribution in [0, 0.1) is 0 Å². The van der Waals surface area contributed by atoms with Crippen LogP contribution in [0.5, 0.6) is 11.5 Å². The fourth-order valence-electron chi connectivity index (χ4n) is 2.31. The largest absolute Gasteiger partial charge is 0.495 e. The third-order valence-corrected chi connectivity index (χ3v) is 5.44. The maximum atomic E-state index is 11.7. The minimum absolute atomic E-state index is 0.0691. The van der Waals surface area contributed by atoms with Crippen molar-refractivity contribution in [3.8, 4) is 11.5 Å². The number of rotatable bonds is 8. The number of nitrogens with zero attached hydrogens (tertiary/aromatic N) is 2. The highest BCUT2D eigenvalue weighted by Gasteiger charge is 2.17. The standard InChI is InChI=1S/C17H18N4O9S2/c1-29-13-5-3-11(7-15(13)31(23,24)25)9-18-20-17(22)21-19-10-12-4-6-14(30-2)16(8-12)32(26,27)28/h3-10H,1-2H3,(H2,20,21,22)(H,23,24,25)(H,26,27,28)/b18-9+,19-10+. The Bertz CT molecular complexity index is 1180. The number of carbonyl (C=O) groups is 1. The molecule has 172 valence electrons. The van der Waals surface area contributed by atoms with Gasteiger partial charge in [0.05, 0.1) is 26.6 Å². The van der Waals surface area contributed by atoms with Crippen molar-refractivity contribution in [3.05, 3.63) is 47.5 Å². The molecule has 2 rings (SSSR count). The zero-order valence-corrected chi connectivity index (χ0v) is 18.2. The molecular formula is C17H18N4O9S2. The summed E-state index contributed by atoms with van der Waals surface area (Å²) in [6.45, 7) is 0. The first kappa shape index (κ1) is 24.7. The molecule has 0 radical (unpaired) electrons. The normalized spacial score (nSPS) is 12.1. The number of hydrazone groups is 2. The molecule has 0 fully saturated rings. The summed E-state index contributed by atoms with van der Waals surface area (Å²) in [7, 11) is -6.59. The molecule has 0 unspecified atom stereocenters. The average molecular weight is 486 g/mol. The second kappa shape index (κ2) is 10.2. The van der Waals surface area contributed by atoms with E-state index in [2.05, 4.69) is 21.1 Å². The molecule has 0 aromatic heterocycles. The Kier molecular flexibility index (Phi) is 7.87. The fraction of sp³-hybridized carbons (Fsp3) is 0.118. The molecule has 0 aliphatic rings. The summed E-state index contributed by atoms with van der Waals surface area (Å²) in [6.07, 6.45) is 2.22. The predicted molar refractivity (Wildman–Crippen MR) is 112 cm³/mol. The van der Waals surface area contributed by atoms with Crippen molar-refractivity contribution in [2.75, 3.05) is 14.2 Å². The molecule has 2 aromatic carbocycles. The van der Waals surface area contributed by atoms with Gasteiger partial charge >= 0.3 is 6.03 Å². The molecule has 4 N–H and O–H groups in total. The van der Waals surface area contributed by atoms with Crippen LogP contribution in [0.1, 0.15) is 11.1 Å². The number of nitrogens with one attached hydrogen (secondary N) is 2. The van der Waals surface area contributed by atoms with Gasteiger partial charge in [-0.25, -0.2) is 15.6 Å². The molecular weight excluding hydrogens is 468 g/mol. The van der Waals surface area contributed by atoms with Gasteiger partial charge in [0.2, 0.25) is 0 Å². The van der Waals surface area contributed by atoms with Gasteiger partial charge in [-0.2, -0.15) is 27.0 Å². The average Bonchev–Trinajstić information content (AvgIpc) is 2.72. The molecule has 13 nitrogen and oxygen atoms in total. The Morgan fingerprint density at radius 3 is 1.50 bits per heavy atom. The monoisotopic (exact) mass is 486 g/mol. The predicted octanol–water partition coefficient (Wildman–Crippen LogP) is 0.864. The van der Waals surface area contributed by atoms with E-state index in [9.17, 15) is 30.7 Å². The molecule has 0 saturated carbocycles. The topological polar surface area (TPSA) is 193 Å². The Morgan fingerprint density at radius 1 is 0.812 bits per heavy atom. The summed E-state index contributed by atoms with van der Waals surface area (Å²) in [5, 5.41) is 7.22. The molecule has 0 bridgehead atoms. The van der Waals surface area contributed by atoms with E-state index < -0.39 is 36.1 Å². The van der Waals surface area contributed by atoms with Crippen LogP contribution < -0.4 is 20.3 Å². The lowest BCUT2D eigenvalue weighted by Gasteiger charge is -2.06. The summed E-state index contributed by atoms with van der Waals surface area (Å²) < 4.78 is 73.6. The van der Waals surface area contributed by atoms with Gasteiger partial charge in [-0.05, 0) is 47.5 Å². The Labute approximate surface area is 183 Å². The summed E-state index contributed by atoms with van der Waals surface area (Å²) in [4.78, 5) is 10.8. The van der Waals surface area contributed by atoms with Crippen LogP contribution in [0.3, 0.4) is 0 Å². The van der Waals surface area contributed by atoms with Crippen molar-refractivity contribution in [1.29, 1.82) is 0 Å². The Hall–Kier alpha value is -3.53. The van der Waals surface area contributed by atoms with Gasteiger partial charge in [-0.15, -0.1) is 0 Å². The minimum atomic E-state index is -4.53. The van der Waals surface area contributed by atoms with E-state index in [1.807, 2.05) is 0 Å². The lowest BCUT2D eigenvalue weighted by Crippen LogP contribution is -2.28. The number of hydrogen-bond donors (Lipinski definition) is 4. The quantitative estimate of drug-likeness (QED) is 0.238. The zero-order chi connectivity index (χ0) is 23.9. The summed E-state index contributed by atoms with van der Waals surface area (Å²) >= 11 is 0. The molecule has 0 saturated heterocycles. The third-order valence-electron chi connectivity index (χ3n) is 3.69. The summed E-state index contributed by atoms with van der Waals surface area (Å²) in [5.74, 6) is -0.138. The molecule has 2 aromatic rings. The van der Waals surface area contributed by atoms with Crippen molar-refractivity contribution >= 4 is 38.7 Å². The van der Waals surface area contributed by atoms with E-state index in [-0.39, 0.29) is 22.6 Å². The first-order valence-electron chi connectivity index (χ1n) is 8.39. The number of methoxy groups -OCH3 is 2. The van der Waals surface area contributed by atoms with Crippen LogP contribution in [0.2, 0.25) is 0 Å². The fourth-order valence-corrected chi connectivity index (χ4v) is 3.69. The highest BCUT2D eigenvalue weighted by molar-refractivity contribution is 7.86. The SMILES string of the molecule is COc1ccc(/C=N/NC(=O)N/N=C/c2ccc(OC)c(S(=O)(=O)O)c2)cc1S(=O)(=O)O. The second-order valence-corrected chi connectivity index (χ2v) is 8.62. The van der Waals surface area contributed by atoms with Crippen LogP contribution in [0.15, 0.2) is 56.4 Å². The van der Waals surface area contributed by atoms with Crippen LogP contribution in [0.4, 0.5) is 4.79 Å². The van der Waals surface area contributed by atoms with Crippen LogP contribution in [0.25, 0.3) is 0 Å². The van der Waals surface area contributed by atoms with E-state index in [0.717, 1.165) is 24.6 Å². The van der Waals surface area contributed by atoms with Crippen molar-refractivity contribution in [1.82, 2.24) is 10.9 Å². The van der Waals surface area contributed by atoms with E-state index in [1.54, 1.807) is 0 Å². The van der Waals surface area contributed by atoms with Gasteiger partial charge in [0.15, 0.2) is 0 Å². The first-order chi connectivity index (χ1) is 15.0. The van der Waals surface area contributed by atoms with Gasteiger partial charge in [0.1, 0.15) is 21.3 Å². The number of hydrogen-bond acceptors (Lipinski definition) is 9. The molecule has 0 heterocycles. The molecule has 0 spiro atoms. The Morgan fingerprint density at radius 2 is 1.19 bits per heavy atom. The molecule has 0 atom stereocenters. The number of carbonyl (C=O) groups excluding carboxylic acids is 1. The summed E-state index contributed by atoms with van der Waals surface area (Å²) in [6, 6.07) is 6.77. The van der Waals surface area contributed by atoms with E-state index in [1.165, 1.54) is 38.5 Å². The van der Waals surface area contributed by atoms with Gasteiger partial charge in [-0.1, -0.05) is 0 Å². The van der Waals surface area contributed by atoms with E-state index >= 15 is 0 Å². The maximum absolute atomic E-state index is 11.7. The maximum Gasteiger partial charge on any atom is 0.355 e. The third kappa shape index (κ3) is 6.74. The number of urea groups is 1. The molecule has 0 aliphatic heterocycles. The van der Waals surface area contributed by atoms with Crippen LogP contribution in [-0.2, 0) is 20.2 Å². The molecule has 2 amide bonds. The molecule has 32 heavy (non-hydrogen) atoms. The number of ether oxygens (including phenoxy) is 2. The van der Waals surface area contributed by atoms with Gasteiger partial charge in [0, 0.05) is 0 Å². The van der Waals surface area contributed by atoms with E-state index in [4.69, 9.17) is 9.47 Å². The highest BCUT2D eigenvalue weighted by Crippen LogP contribution is 2.24. The van der Waals surface area contributed by atoms with Crippen LogP contribution >= 0.6 is 0 Å². The van der Waals surface area contributed by atoms with Crippen LogP contribution in [-0.4, -0.2) is 58.6 Å². The van der Waals surface area contributed by atoms with Gasteiger partial charge in [-0.3, -0.25) is 9.11 Å². The lowest BCUT2D eigenvalue weighted by atomic mass is 10.2. The zero-order valence-electron chi connectivity index (χ0n) is 16.6. The smallest absolute Gasteiger partial charge is 0.355 e. The van der Waals surface area contributed by atoms with Crippen molar-refractivity contribution in [2.45, 2.75) is 9.79 Å². The lowest BCUT2D eigenvalue weighted by molar-refractivity contribution is 0.242. The second-order valence-electron chi connectivity index (χ2n) is 5.84. The van der Waals surface area contributed by atoms with Crippen molar-refractivity contribution in [3.63, 3.8) is 0 Å². The number of amides is 2.